The molecule has 0 fully saturated rings. The molecule has 0 atom stereocenters. The lowest BCUT2D eigenvalue weighted by molar-refractivity contribution is 0.747. The van der Waals surface area contributed by atoms with E-state index in [2.05, 4.69) is 25.6 Å². The molecule has 3 aromatic heterocycles. The molecule has 2 N–H and O–H groups in total. The highest BCUT2D eigenvalue weighted by Gasteiger charge is 2.03. The summed E-state index contributed by atoms with van der Waals surface area (Å²) < 4.78 is 3.08. The molecule has 8 heteroatoms. The lowest BCUT2D eigenvalue weighted by Crippen LogP contribution is -2.10. The van der Waals surface area contributed by atoms with E-state index in [9.17, 15) is 4.79 Å². The average molecular weight is 245 g/mol. The number of fused-ring (bicyclic) bond motifs is 1. The zero-order valence-electron chi connectivity index (χ0n) is 9.66. The van der Waals surface area contributed by atoms with Gasteiger partial charge in [0.2, 0.25) is 0 Å². The Labute approximate surface area is 101 Å². The Balaban J connectivity index is 1.80. The SMILES string of the molecule is Cn1ccc(CNc2cc3n[nH]c(=O)n3cn2)n1. The van der Waals surface area contributed by atoms with Gasteiger partial charge in [-0.25, -0.2) is 19.3 Å². The minimum atomic E-state index is -0.297. The number of aromatic amines is 1. The Morgan fingerprint density at radius 1 is 1.50 bits per heavy atom. The van der Waals surface area contributed by atoms with Crippen molar-refractivity contribution in [2.75, 3.05) is 5.32 Å². The van der Waals surface area contributed by atoms with E-state index in [1.807, 2.05) is 19.3 Å². The van der Waals surface area contributed by atoms with Crippen LogP contribution in [0.4, 0.5) is 5.82 Å². The second kappa shape index (κ2) is 3.99. The van der Waals surface area contributed by atoms with Crippen LogP contribution in [0.25, 0.3) is 5.65 Å². The van der Waals surface area contributed by atoms with Gasteiger partial charge in [-0.2, -0.15) is 10.2 Å². The number of H-pyrrole nitrogens is 1. The Hall–Kier alpha value is -2.64. The van der Waals surface area contributed by atoms with Gasteiger partial charge in [0, 0.05) is 19.3 Å². The van der Waals surface area contributed by atoms with Crippen molar-refractivity contribution < 1.29 is 0 Å². The quantitative estimate of drug-likeness (QED) is 0.664. The van der Waals surface area contributed by atoms with Gasteiger partial charge in [-0.15, -0.1) is 0 Å². The van der Waals surface area contributed by atoms with E-state index in [1.54, 1.807) is 10.7 Å². The average Bonchev–Trinajstić information content (AvgIpc) is 2.94. The van der Waals surface area contributed by atoms with E-state index >= 15 is 0 Å². The molecule has 3 heterocycles. The molecule has 0 saturated carbocycles. The van der Waals surface area contributed by atoms with E-state index < -0.39 is 0 Å². The van der Waals surface area contributed by atoms with Crippen LogP contribution < -0.4 is 11.0 Å². The minimum absolute atomic E-state index is 0.297. The standard InChI is InChI=1S/C10H11N7O/c1-16-3-2-7(15-16)5-11-8-4-9-13-14-10(18)17(9)6-12-8/h2-4,6,11H,5H2,1H3,(H,14,18). The Morgan fingerprint density at radius 3 is 3.17 bits per heavy atom. The summed E-state index contributed by atoms with van der Waals surface area (Å²) in [5.74, 6) is 0.646. The molecule has 18 heavy (non-hydrogen) atoms. The largest absolute Gasteiger partial charge is 0.364 e. The van der Waals surface area contributed by atoms with Crippen molar-refractivity contribution in [2.45, 2.75) is 6.54 Å². The highest BCUT2D eigenvalue weighted by molar-refractivity contribution is 5.48. The predicted octanol–water partition coefficient (Wildman–Crippen LogP) is -0.237. The van der Waals surface area contributed by atoms with Crippen molar-refractivity contribution in [2.24, 2.45) is 7.05 Å². The van der Waals surface area contributed by atoms with Crippen molar-refractivity contribution in [3.05, 3.63) is 40.8 Å². The van der Waals surface area contributed by atoms with Crippen molar-refractivity contribution >= 4 is 11.5 Å². The van der Waals surface area contributed by atoms with Gasteiger partial charge in [0.25, 0.3) is 0 Å². The normalized spacial score (nSPS) is 10.9. The highest BCUT2D eigenvalue weighted by Crippen LogP contribution is 2.06. The van der Waals surface area contributed by atoms with Crippen LogP contribution in [0.5, 0.6) is 0 Å². The fourth-order valence-corrected chi connectivity index (χ4v) is 1.65. The van der Waals surface area contributed by atoms with Crippen LogP contribution in [0, 0.1) is 0 Å². The third-order valence-corrected chi connectivity index (χ3v) is 2.53. The first-order chi connectivity index (χ1) is 8.72. The summed E-state index contributed by atoms with van der Waals surface area (Å²) in [5.41, 5.74) is 1.14. The van der Waals surface area contributed by atoms with Gasteiger partial charge in [-0.1, -0.05) is 0 Å². The van der Waals surface area contributed by atoms with Gasteiger partial charge >= 0.3 is 5.69 Å². The molecular formula is C10H11N7O. The number of aryl methyl sites for hydroxylation is 1. The molecule has 0 amide bonds. The van der Waals surface area contributed by atoms with E-state index in [0.717, 1.165) is 5.69 Å². The lowest BCUT2D eigenvalue weighted by Gasteiger charge is -2.02. The number of hydrogen-bond donors (Lipinski definition) is 2. The predicted molar refractivity (Wildman–Crippen MR) is 64.1 cm³/mol. The molecule has 8 nitrogen and oxygen atoms in total. The van der Waals surface area contributed by atoms with Crippen LogP contribution in [-0.2, 0) is 13.6 Å². The van der Waals surface area contributed by atoms with Gasteiger partial charge in [-0.05, 0) is 6.07 Å². The van der Waals surface area contributed by atoms with E-state index in [0.29, 0.717) is 18.0 Å². The first kappa shape index (κ1) is 10.5. The van der Waals surface area contributed by atoms with Crippen LogP contribution in [0.3, 0.4) is 0 Å². The molecule has 0 unspecified atom stereocenters. The van der Waals surface area contributed by atoms with E-state index in [-0.39, 0.29) is 5.69 Å². The third-order valence-electron chi connectivity index (χ3n) is 2.53. The molecule has 0 aliphatic carbocycles. The molecule has 0 saturated heterocycles. The smallest absolute Gasteiger partial charge is 0.348 e. The highest BCUT2D eigenvalue weighted by atomic mass is 16.1. The number of nitrogens with one attached hydrogen (secondary N) is 2. The van der Waals surface area contributed by atoms with Crippen LogP contribution in [0.2, 0.25) is 0 Å². The first-order valence-electron chi connectivity index (χ1n) is 5.37. The molecule has 0 aromatic carbocycles. The summed E-state index contributed by atoms with van der Waals surface area (Å²) in [6, 6.07) is 3.62. The van der Waals surface area contributed by atoms with Crippen LogP contribution in [0.1, 0.15) is 5.69 Å². The van der Waals surface area contributed by atoms with Crippen molar-refractivity contribution in [3.8, 4) is 0 Å². The van der Waals surface area contributed by atoms with Gasteiger partial charge in [-0.3, -0.25) is 4.68 Å². The number of rotatable bonds is 3. The second-order valence-corrected chi connectivity index (χ2v) is 3.87. The fraction of sp³-hybridized carbons (Fsp3) is 0.200. The summed E-state index contributed by atoms with van der Waals surface area (Å²) in [6.45, 7) is 0.568. The maximum Gasteiger partial charge on any atom is 0.348 e. The summed E-state index contributed by atoms with van der Waals surface area (Å²) in [5, 5.41) is 13.6. The first-order valence-corrected chi connectivity index (χ1v) is 5.37. The Bertz CT molecular complexity index is 738. The van der Waals surface area contributed by atoms with Gasteiger partial charge in [0.05, 0.1) is 12.2 Å². The Morgan fingerprint density at radius 2 is 2.39 bits per heavy atom. The number of hydrogen-bond acceptors (Lipinski definition) is 5. The van der Waals surface area contributed by atoms with Crippen molar-refractivity contribution in [3.63, 3.8) is 0 Å². The topological polar surface area (TPSA) is 92.9 Å². The summed E-state index contributed by atoms with van der Waals surface area (Å²) in [7, 11) is 1.87. The Kier molecular flexibility index (Phi) is 2.33. The van der Waals surface area contributed by atoms with Gasteiger partial charge in [0.1, 0.15) is 12.1 Å². The molecule has 0 aliphatic heterocycles. The van der Waals surface area contributed by atoms with E-state index in [4.69, 9.17) is 0 Å². The zero-order chi connectivity index (χ0) is 12.5. The second-order valence-electron chi connectivity index (χ2n) is 3.87. The molecule has 0 spiro atoms. The van der Waals surface area contributed by atoms with Gasteiger partial charge in [0.15, 0.2) is 5.65 Å². The van der Waals surface area contributed by atoms with Crippen LogP contribution in [0.15, 0.2) is 29.5 Å². The maximum atomic E-state index is 11.2. The zero-order valence-corrected chi connectivity index (χ0v) is 9.66. The van der Waals surface area contributed by atoms with Crippen molar-refractivity contribution in [1.82, 2.24) is 29.4 Å². The number of anilines is 1. The number of aromatic nitrogens is 6. The third kappa shape index (κ3) is 1.83. The summed E-state index contributed by atoms with van der Waals surface area (Å²) >= 11 is 0. The lowest BCUT2D eigenvalue weighted by atomic mass is 10.4. The number of nitrogens with zero attached hydrogens (tertiary/aromatic N) is 5. The molecule has 92 valence electrons. The minimum Gasteiger partial charge on any atom is -0.364 e. The molecule has 0 aliphatic rings. The molecule has 3 aromatic rings. The molecule has 0 radical (unpaired) electrons. The van der Waals surface area contributed by atoms with Crippen LogP contribution in [-0.4, -0.2) is 29.4 Å². The van der Waals surface area contributed by atoms with Crippen molar-refractivity contribution in [1.29, 1.82) is 0 Å². The molecule has 3 rings (SSSR count). The van der Waals surface area contributed by atoms with Crippen LogP contribution >= 0.6 is 0 Å². The fourth-order valence-electron chi connectivity index (χ4n) is 1.65. The maximum absolute atomic E-state index is 11.2. The molecule has 0 bridgehead atoms. The summed E-state index contributed by atoms with van der Waals surface area (Å²) in [4.78, 5) is 15.4. The molecular weight excluding hydrogens is 234 g/mol. The van der Waals surface area contributed by atoms with E-state index in [1.165, 1.54) is 10.7 Å². The monoisotopic (exact) mass is 245 g/mol. The summed E-state index contributed by atoms with van der Waals surface area (Å²) in [6.07, 6.45) is 3.31. The van der Waals surface area contributed by atoms with Gasteiger partial charge < -0.3 is 5.32 Å².